The first-order valence-electron chi connectivity index (χ1n) is 8.42. The van der Waals surface area contributed by atoms with Gasteiger partial charge >= 0.3 is 0 Å². The van der Waals surface area contributed by atoms with Crippen LogP contribution >= 0.6 is 0 Å². The van der Waals surface area contributed by atoms with Crippen LogP contribution in [0.2, 0.25) is 0 Å². The smallest absolute Gasteiger partial charge is 0.283 e. The van der Waals surface area contributed by atoms with Gasteiger partial charge in [0.15, 0.2) is 11.6 Å². The van der Waals surface area contributed by atoms with Crippen molar-refractivity contribution < 1.29 is 8.83 Å². The van der Waals surface area contributed by atoms with Crippen molar-refractivity contribution in [2.75, 3.05) is 18.0 Å². The molecule has 25 heavy (non-hydrogen) atoms. The van der Waals surface area contributed by atoms with Gasteiger partial charge in [0.25, 0.3) is 5.89 Å². The van der Waals surface area contributed by atoms with E-state index in [-0.39, 0.29) is 0 Å². The average molecular weight is 340 g/mol. The van der Waals surface area contributed by atoms with Crippen LogP contribution in [-0.4, -0.2) is 39.5 Å². The molecule has 130 valence electrons. The van der Waals surface area contributed by atoms with Crippen LogP contribution < -0.4 is 10.2 Å². The third-order valence-corrected chi connectivity index (χ3v) is 4.37. The normalized spacial score (nSPS) is 17.8. The molecule has 0 spiro atoms. The zero-order chi connectivity index (χ0) is 17.1. The molecule has 0 unspecified atom stereocenters. The lowest BCUT2D eigenvalue weighted by Crippen LogP contribution is -2.45. The molecule has 4 rings (SSSR count). The summed E-state index contributed by atoms with van der Waals surface area (Å²) in [5.41, 5.74) is 0.982. The molecule has 0 aromatic carbocycles. The molecule has 3 aromatic heterocycles. The fourth-order valence-corrected chi connectivity index (χ4v) is 3.05. The Morgan fingerprint density at radius 1 is 1.28 bits per heavy atom. The maximum Gasteiger partial charge on any atom is 0.283 e. The van der Waals surface area contributed by atoms with Crippen molar-refractivity contribution in [3.05, 3.63) is 42.1 Å². The van der Waals surface area contributed by atoms with Crippen molar-refractivity contribution in [2.24, 2.45) is 0 Å². The molecule has 0 radical (unpaired) electrons. The Morgan fingerprint density at radius 2 is 2.24 bits per heavy atom. The standard InChI is InChI=1S/C17H20N6O2/c1-12-6-9-24-16(12)17-22-21-15(25-17)10-18-13-4-3-8-23(11-13)14-5-2-7-19-20-14/h2,5-7,9,13,18H,3-4,8,10-11H2,1H3/t13-/m0/s1. The molecule has 1 aliphatic heterocycles. The molecule has 0 saturated carbocycles. The molecule has 0 amide bonds. The molecule has 1 aliphatic rings. The zero-order valence-electron chi connectivity index (χ0n) is 14.1. The Hall–Kier alpha value is -2.74. The van der Waals surface area contributed by atoms with Crippen LogP contribution in [-0.2, 0) is 6.54 Å². The molecule has 4 heterocycles. The lowest BCUT2D eigenvalue weighted by molar-refractivity contribution is 0.387. The van der Waals surface area contributed by atoms with E-state index in [1.807, 2.05) is 25.1 Å². The Labute approximate surface area is 145 Å². The summed E-state index contributed by atoms with van der Waals surface area (Å²) in [6, 6.07) is 6.12. The molecule has 8 nitrogen and oxygen atoms in total. The van der Waals surface area contributed by atoms with Gasteiger partial charge < -0.3 is 19.1 Å². The van der Waals surface area contributed by atoms with Crippen molar-refractivity contribution >= 4 is 5.82 Å². The Bertz CT molecular complexity index is 815. The minimum Gasteiger partial charge on any atom is -0.459 e. The maximum atomic E-state index is 5.70. The van der Waals surface area contributed by atoms with Crippen LogP contribution in [0.25, 0.3) is 11.7 Å². The highest BCUT2D eigenvalue weighted by Gasteiger charge is 2.21. The summed E-state index contributed by atoms with van der Waals surface area (Å²) in [6.07, 6.45) is 5.52. The third-order valence-electron chi connectivity index (χ3n) is 4.37. The first-order chi connectivity index (χ1) is 12.3. The van der Waals surface area contributed by atoms with Gasteiger partial charge in [0.1, 0.15) is 0 Å². The molecule has 3 aromatic rings. The van der Waals surface area contributed by atoms with E-state index in [2.05, 4.69) is 30.6 Å². The van der Waals surface area contributed by atoms with E-state index in [0.717, 1.165) is 37.3 Å². The highest BCUT2D eigenvalue weighted by Crippen LogP contribution is 2.23. The highest BCUT2D eigenvalue weighted by atomic mass is 16.4. The van der Waals surface area contributed by atoms with Gasteiger partial charge in [0.05, 0.1) is 12.8 Å². The molecule has 1 saturated heterocycles. The van der Waals surface area contributed by atoms with E-state index >= 15 is 0 Å². The second-order valence-electron chi connectivity index (χ2n) is 6.18. The van der Waals surface area contributed by atoms with Gasteiger partial charge in [-0.3, -0.25) is 0 Å². The van der Waals surface area contributed by atoms with E-state index < -0.39 is 0 Å². The SMILES string of the molecule is Cc1ccoc1-c1nnc(CN[C@H]2CCCN(c3cccnn3)C2)o1. The number of nitrogens with zero attached hydrogens (tertiary/aromatic N) is 5. The second kappa shape index (κ2) is 7.02. The second-order valence-corrected chi connectivity index (χ2v) is 6.18. The van der Waals surface area contributed by atoms with E-state index in [4.69, 9.17) is 8.83 Å². The first kappa shape index (κ1) is 15.8. The number of hydrogen-bond acceptors (Lipinski definition) is 8. The Balaban J connectivity index is 1.35. The Kier molecular flexibility index (Phi) is 4.43. The number of aryl methyl sites for hydroxylation is 1. The molecule has 1 atom stereocenters. The number of hydrogen-bond donors (Lipinski definition) is 1. The number of piperidine rings is 1. The predicted octanol–water partition coefficient (Wildman–Crippen LogP) is 2.19. The van der Waals surface area contributed by atoms with Crippen molar-refractivity contribution in [1.29, 1.82) is 0 Å². The van der Waals surface area contributed by atoms with Crippen LogP contribution in [0, 0.1) is 6.92 Å². The summed E-state index contributed by atoms with van der Waals surface area (Å²) in [5.74, 6) is 2.53. The summed E-state index contributed by atoms with van der Waals surface area (Å²) in [4.78, 5) is 2.25. The molecule has 0 aliphatic carbocycles. The van der Waals surface area contributed by atoms with Crippen molar-refractivity contribution in [1.82, 2.24) is 25.7 Å². The van der Waals surface area contributed by atoms with Gasteiger partial charge in [-0.1, -0.05) is 0 Å². The van der Waals surface area contributed by atoms with Crippen molar-refractivity contribution in [3.8, 4) is 11.7 Å². The minimum atomic E-state index is 0.344. The predicted molar refractivity (Wildman–Crippen MR) is 90.8 cm³/mol. The Morgan fingerprint density at radius 3 is 3.04 bits per heavy atom. The average Bonchev–Trinajstić information content (AvgIpc) is 3.29. The summed E-state index contributed by atoms with van der Waals surface area (Å²) in [7, 11) is 0. The van der Waals surface area contributed by atoms with Crippen LogP contribution in [0.3, 0.4) is 0 Å². The summed E-state index contributed by atoms with van der Waals surface area (Å²) in [5, 5.41) is 19.8. The van der Waals surface area contributed by atoms with Gasteiger partial charge in [-0.15, -0.1) is 15.3 Å². The molecule has 1 N–H and O–H groups in total. The van der Waals surface area contributed by atoms with Gasteiger partial charge in [-0.2, -0.15) is 5.10 Å². The summed E-state index contributed by atoms with van der Waals surface area (Å²) in [6.45, 7) is 4.37. The number of nitrogens with one attached hydrogen (secondary N) is 1. The molecule has 8 heteroatoms. The lowest BCUT2D eigenvalue weighted by atomic mass is 10.1. The molecule has 0 bridgehead atoms. The fraction of sp³-hybridized carbons (Fsp3) is 0.412. The summed E-state index contributed by atoms with van der Waals surface area (Å²) >= 11 is 0. The van der Waals surface area contributed by atoms with Crippen LogP contribution in [0.1, 0.15) is 24.3 Å². The van der Waals surface area contributed by atoms with E-state index in [1.165, 1.54) is 0 Å². The number of anilines is 1. The van der Waals surface area contributed by atoms with Gasteiger partial charge in [-0.05, 0) is 38.0 Å². The van der Waals surface area contributed by atoms with Crippen LogP contribution in [0.4, 0.5) is 5.82 Å². The number of rotatable bonds is 5. The van der Waals surface area contributed by atoms with Gasteiger partial charge in [0, 0.05) is 30.9 Å². The molecular formula is C17H20N6O2. The number of furan rings is 1. The first-order valence-corrected chi connectivity index (χ1v) is 8.42. The van der Waals surface area contributed by atoms with E-state index in [1.54, 1.807) is 12.5 Å². The monoisotopic (exact) mass is 340 g/mol. The topological polar surface area (TPSA) is 93.1 Å². The lowest BCUT2D eigenvalue weighted by Gasteiger charge is -2.33. The number of aromatic nitrogens is 4. The third kappa shape index (κ3) is 3.53. The van der Waals surface area contributed by atoms with Crippen LogP contribution in [0.15, 0.2) is 39.5 Å². The molecular weight excluding hydrogens is 320 g/mol. The van der Waals surface area contributed by atoms with E-state index in [9.17, 15) is 0 Å². The largest absolute Gasteiger partial charge is 0.459 e. The summed E-state index contributed by atoms with van der Waals surface area (Å²) < 4.78 is 11.1. The molecule has 1 fully saturated rings. The zero-order valence-corrected chi connectivity index (χ0v) is 14.1. The fourth-order valence-electron chi connectivity index (χ4n) is 3.05. The maximum absolute atomic E-state index is 5.70. The minimum absolute atomic E-state index is 0.344. The van der Waals surface area contributed by atoms with Crippen LogP contribution in [0.5, 0.6) is 0 Å². The van der Waals surface area contributed by atoms with Gasteiger partial charge in [-0.25, -0.2) is 0 Å². The highest BCUT2D eigenvalue weighted by molar-refractivity contribution is 5.49. The van der Waals surface area contributed by atoms with Gasteiger partial charge in [0.2, 0.25) is 5.89 Å². The van der Waals surface area contributed by atoms with E-state index in [0.29, 0.717) is 30.1 Å². The quantitative estimate of drug-likeness (QED) is 0.755. The van der Waals surface area contributed by atoms with Crippen molar-refractivity contribution in [2.45, 2.75) is 32.4 Å². The van der Waals surface area contributed by atoms with Crippen molar-refractivity contribution in [3.63, 3.8) is 0 Å².